The molecule has 0 bridgehead atoms. The van der Waals surface area contributed by atoms with Crippen LogP contribution < -0.4 is 5.32 Å². The van der Waals surface area contributed by atoms with Crippen LogP contribution in [0, 0.1) is 11.9 Å². The van der Waals surface area contributed by atoms with Crippen LogP contribution in [0.1, 0.15) is 19.8 Å². The van der Waals surface area contributed by atoms with Crippen molar-refractivity contribution < 1.29 is 4.39 Å². The molecule has 1 heterocycles. The first-order valence-electron chi connectivity index (χ1n) is 4.50. The minimum atomic E-state index is -0.531. The Morgan fingerprint density at radius 3 is 2.85 bits per heavy atom. The second kappa shape index (κ2) is 3.28. The average Bonchev–Trinajstić information content (AvgIpc) is 2.12. The molecule has 1 aromatic heterocycles. The molecule has 1 aliphatic carbocycles. The van der Waals surface area contributed by atoms with Gasteiger partial charge in [-0.25, -0.2) is 0 Å². The molecule has 13 heavy (non-hydrogen) atoms. The first-order valence-corrected chi connectivity index (χ1v) is 4.50. The quantitative estimate of drug-likeness (QED) is 0.756. The Hall–Kier alpha value is -1.19. The van der Waals surface area contributed by atoms with E-state index >= 15 is 0 Å². The Bertz CT molecular complexity index is 303. The second-order valence-corrected chi connectivity index (χ2v) is 3.53. The van der Waals surface area contributed by atoms with Gasteiger partial charge in [-0.3, -0.25) is 4.98 Å². The Morgan fingerprint density at radius 2 is 2.31 bits per heavy atom. The van der Waals surface area contributed by atoms with Gasteiger partial charge >= 0.3 is 0 Å². The van der Waals surface area contributed by atoms with Crippen molar-refractivity contribution in [3.8, 4) is 0 Å². The Kier molecular flexibility index (Phi) is 2.12. The van der Waals surface area contributed by atoms with Gasteiger partial charge in [-0.05, 0) is 18.8 Å². The zero-order valence-electron chi connectivity index (χ0n) is 7.50. The largest absolute Gasteiger partial charge is 0.366 e. The van der Waals surface area contributed by atoms with E-state index < -0.39 is 5.95 Å². The second-order valence-electron chi connectivity index (χ2n) is 3.53. The third-order valence-corrected chi connectivity index (χ3v) is 2.56. The molecule has 1 saturated carbocycles. The fourth-order valence-electron chi connectivity index (χ4n) is 1.48. The molecule has 70 valence electrons. The van der Waals surface area contributed by atoms with E-state index in [1.54, 1.807) is 6.20 Å². The topological polar surface area (TPSA) is 37.8 Å². The first kappa shape index (κ1) is 8.41. The standard InChI is InChI=1S/C9H12FN3/c1-6-2-3-7(6)12-9-5-11-4-8(10)13-9/h4-7H,2-3H2,1H3,(H,12,13). The minimum Gasteiger partial charge on any atom is -0.366 e. The molecular weight excluding hydrogens is 169 g/mol. The molecule has 2 atom stereocenters. The van der Waals surface area contributed by atoms with Crippen molar-refractivity contribution in [1.29, 1.82) is 0 Å². The van der Waals surface area contributed by atoms with Crippen molar-refractivity contribution in [2.24, 2.45) is 5.92 Å². The van der Waals surface area contributed by atoms with E-state index in [2.05, 4.69) is 22.2 Å². The van der Waals surface area contributed by atoms with E-state index in [9.17, 15) is 4.39 Å². The van der Waals surface area contributed by atoms with E-state index in [0.717, 1.165) is 12.6 Å². The summed E-state index contributed by atoms with van der Waals surface area (Å²) in [6.45, 7) is 2.17. The molecule has 1 aliphatic rings. The number of aromatic nitrogens is 2. The molecule has 4 heteroatoms. The molecule has 0 radical (unpaired) electrons. The smallest absolute Gasteiger partial charge is 0.233 e. The maximum Gasteiger partial charge on any atom is 0.233 e. The molecule has 2 rings (SSSR count). The lowest BCUT2D eigenvalue weighted by Crippen LogP contribution is -2.36. The van der Waals surface area contributed by atoms with Gasteiger partial charge in [0.1, 0.15) is 5.82 Å². The van der Waals surface area contributed by atoms with Crippen LogP contribution in [0.2, 0.25) is 0 Å². The van der Waals surface area contributed by atoms with Crippen molar-refractivity contribution in [3.05, 3.63) is 18.3 Å². The molecule has 1 N–H and O–H groups in total. The fraction of sp³-hybridized carbons (Fsp3) is 0.556. The molecule has 0 saturated heterocycles. The third kappa shape index (κ3) is 1.76. The molecular formula is C9H12FN3. The SMILES string of the molecule is CC1CCC1Nc1cncc(F)n1. The van der Waals surface area contributed by atoms with Crippen molar-refractivity contribution in [1.82, 2.24) is 9.97 Å². The lowest BCUT2D eigenvalue weighted by molar-refractivity contribution is 0.302. The lowest BCUT2D eigenvalue weighted by atomic mass is 9.81. The lowest BCUT2D eigenvalue weighted by Gasteiger charge is -2.34. The Labute approximate surface area is 76.4 Å². The summed E-state index contributed by atoms with van der Waals surface area (Å²) in [6, 6.07) is 0.441. The summed E-state index contributed by atoms with van der Waals surface area (Å²) in [6.07, 6.45) is 5.03. The van der Waals surface area contributed by atoms with Crippen LogP contribution in [-0.2, 0) is 0 Å². The van der Waals surface area contributed by atoms with Gasteiger partial charge in [0.15, 0.2) is 0 Å². The van der Waals surface area contributed by atoms with Crippen LogP contribution in [0.15, 0.2) is 12.4 Å². The predicted molar refractivity (Wildman–Crippen MR) is 47.8 cm³/mol. The molecule has 0 spiro atoms. The average molecular weight is 181 g/mol. The van der Waals surface area contributed by atoms with Crippen LogP contribution in [0.3, 0.4) is 0 Å². The number of rotatable bonds is 2. The third-order valence-electron chi connectivity index (χ3n) is 2.56. The summed E-state index contributed by atoms with van der Waals surface area (Å²) in [5.74, 6) is 0.665. The highest BCUT2D eigenvalue weighted by Crippen LogP contribution is 2.28. The van der Waals surface area contributed by atoms with Gasteiger partial charge in [0.25, 0.3) is 0 Å². The van der Waals surface area contributed by atoms with E-state index in [0.29, 0.717) is 17.8 Å². The summed E-state index contributed by atoms with van der Waals surface area (Å²) < 4.78 is 12.6. The normalized spacial score (nSPS) is 26.6. The number of hydrogen-bond donors (Lipinski definition) is 1. The minimum absolute atomic E-state index is 0.441. The molecule has 2 unspecified atom stereocenters. The highest BCUT2D eigenvalue weighted by Gasteiger charge is 2.26. The predicted octanol–water partition coefficient (Wildman–Crippen LogP) is 1.83. The number of anilines is 1. The van der Waals surface area contributed by atoms with E-state index in [4.69, 9.17) is 0 Å². The molecule has 0 amide bonds. The zero-order valence-corrected chi connectivity index (χ0v) is 7.50. The van der Waals surface area contributed by atoms with E-state index in [-0.39, 0.29) is 0 Å². The summed E-state index contributed by atoms with van der Waals surface area (Å²) in [5, 5.41) is 3.16. The van der Waals surface area contributed by atoms with Crippen molar-refractivity contribution >= 4 is 5.82 Å². The number of nitrogens with zero attached hydrogens (tertiary/aromatic N) is 2. The van der Waals surface area contributed by atoms with Crippen LogP contribution in [-0.4, -0.2) is 16.0 Å². The molecule has 3 nitrogen and oxygen atoms in total. The van der Waals surface area contributed by atoms with Gasteiger partial charge in [-0.2, -0.15) is 9.37 Å². The number of nitrogens with one attached hydrogen (secondary N) is 1. The van der Waals surface area contributed by atoms with Crippen LogP contribution in [0.4, 0.5) is 10.2 Å². The number of halogens is 1. The van der Waals surface area contributed by atoms with E-state index in [1.165, 1.54) is 6.42 Å². The maximum atomic E-state index is 12.6. The fourth-order valence-corrected chi connectivity index (χ4v) is 1.48. The summed E-state index contributed by atoms with van der Waals surface area (Å²) in [4.78, 5) is 7.41. The van der Waals surface area contributed by atoms with Gasteiger partial charge in [0, 0.05) is 6.04 Å². The highest BCUT2D eigenvalue weighted by atomic mass is 19.1. The van der Waals surface area contributed by atoms with Gasteiger partial charge in [-0.15, -0.1) is 0 Å². The summed E-state index contributed by atoms with van der Waals surface area (Å²) >= 11 is 0. The van der Waals surface area contributed by atoms with Crippen LogP contribution >= 0.6 is 0 Å². The van der Waals surface area contributed by atoms with Gasteiger partial charge in [0.05, 0.1) is 12.4 Å². The maximum absolute atomic E-state index is 12.6. The zero-order chi connectivity index (χ0) is 9.26. The molecule has 1 aromatic rings. The van der Waals surface area contributed by atoms with Crippen molar-refractivity contribution in [3.63, 3.8) is 0 Å². The van der Waals surface area contributed by atoms with Gasteiger partial charge < -0.3 is 5.32 Å². The van der Waals surface area contributed by atoms with Crippen molar-refractivity contribution in [2.45, 2.75) is 25.8 Å². The van der Waals surface area contributed by atoms with E-state index in [1.807, 2.05) is 0 Å². The van der Waals surface area contributed by atoms with Crippen LogP contribution in [0.25, 0.3) is 0 Å². The first-order chi connectivity index (χ1) is 6.25. The Morgan fingerprint density at radius 1 is 1.46 bits per heavy atom. The monoisotopic (exact) mass is 181 g/mol. The van der Waals surface area contributed by atoms with Gasteiger partial charge in [-0.1, -0.05) is 6.92 Å². The van der Waals surface area contributed by atoms with Crippen LogP contribution in [0.5, 0.6) is 0 Å². The molecule has 0 aliphatic heterocycles. The summed E-state index contributed by atoms with van der Waals surface area (Å²) in [7, 11) is 0. The molecule has 0 aromatic carbocycles. The molecule has 1 fully saturated rings. The number of hydrogen-bond acceptors (Lipinski definition) is 3. The Balaban J connectivity index is 2.01. The highest BCUT2D eigenvalue weighted by molar-refractivity contribution is 5.32. The summed E-state index contributed by atoms with van der Waals surface area (Å²) in [5.41, 5.74) is 0. The van der Waals surface area contributed by atoms with Crippen molar-refractivity contribution in [2.75, 3.05) is 5.32 Å². The van der Waals surface area contributed by atoms with Gasteiger partial charge in [0.2, 0.25) is 5.95 Å².